The molecule has 0 bridgehead atoms. The quantitative estimate of drug-likeness (QED) is 0.531. The van der Waals surface area contributed by atoms with E-state index in [-0.39, 0.29) is 25.0 Å². The van der Waals surface area contributed by atoms with Crippen LogP contribution in [0.25, 0.3) is 6.08 Å². The number of aliphatic hydroxyl groups excluding tert-OH is 1. The first kappa shape index (κ1) is 23.6. The van der Waals surface area contributed by atoms with Crippen molar-refractivity contribution in [2.24, 2.45) is 0 Å². The molecule has 0 radical (unpaired) electrons. The Morgan fingerprint density at radius 1 is 1.06 bits per heavy atom. The number of methoxy groups -OCH3 is 2. The summed E-state index contributed by atoms with van der Waals surface area (Å²) in [6, 6.07) is 13.2. The lowest BCUT2D eigenvalue weighted by atomic mass is 9.95. The summed E-state index contributed by atoms with van der Waals surface area (Å²) in [5.74, 6) is -2.03. The highest BCUT2D eigenvalue weighted by Crippen LogP contribution is 2.41. The first-order valence-corrected chi connectivity index (χ1v) is 10.3. The Balaban J connectivity index is 2.01. The van der Waals surface area contributed by atoms with E-state index in [0.29, 0.717) is 17.1 Å². The summed E-state index contributed by atoms with van der Waals surface area (Å²) >= 11 is 0. The lowest BCUT2D eigenvalue weighted by Crippen LogP contribution is -2.32. The van der Waals surface area contributed by atoms with Crippen LogP contribution in [0.3, 0.4) is 0 Å². The smallest absolute Gasteiger partial charge is 0.303 e. The number of ketones is 1. The molecule has 33 heavy (non-hydrogen) atoms. The van der Waals surface area contributed by atoms with Gasteiger partial charge in [-0.25, -0.2) is 0 Å². The first-order chi connectivity index (χ1) is 15.9. The van der Waals surface area contributed by atoms with E-state index >= 15 is 0 Å². The molecule has 1 aliphatic rings. The van der Waals surface area contributed by atoms with Gasteiger partial charge in [0.25, 0.3) is 5.91 Å². The summed E-state index contributed by atoms with van der Waals surface area (Å²) in [4.78, 5) is 38.3. The third kappa shape index (κ3) is 5.23. The average Bonchev–Trinajstić information content (AvgIpc) is 3.07. The lowest BCUT2D eigenvalue weighted by Gasteiger charge is -2.27. The highest BCUT2D eigenvalue weighted by atomic mass is 16.5. The van der Waals surface area contributed by atoms with Crippen LogP contribution in [0.1, 0.15) is 30.0 Å². The molecule has 172 valence electrons. The molecule has 8 nitrogen and oxygen atoms in total. The molecule has 2 aromatic carbocycles. The van der Waals surface area contributed by atoms with Gasteiger partial charge in [0.05, 0.1) is 25.8 Å². The topological polar surface area (TPSA) is 113 Å². The molecule has 8 heteroatoms. The first-order valence-electron chi connectivity index (χ1n) is 10.3. The van der Waals surface area contributed by atoms with Gasteiger partial charge in [0, 0.05) is 13.0 Å². The molecule has 1 amide bonds. The van der Waals surface area contributed by atoms with Crippen LogP contribution in [-0.4, -0.2) is 53.5 Å². The summed E-state index contributed by atoms with van der Waals surface area (Å²) in [6.07, 6.45) is 2.92. The zero-order chi connectivity index (χ0) is 24.0. The van der Waals surface area contributed by atoms with Crippen molar-refractivity contribution >= 4 is 23.7 Å². The largest absolute Gasteiger partial charge is 0.503 e. The molecule has 0 fully saturated rings. The third-order valence-electron chi connectivity index (χ3n) is 5.31. The van der Waals surface area contributed by atoms with Crippen molar-refractivity contribution in [3.8, 4) is 11.5 Å². The fourth-order valence-electron chi connectivity index (χ4n) is 3.73. The van der Waals surface area contributed by atoms with Crippen molar-refractivity contribution < 1.29 is 34.1 Å². The van der Waals surface area contributed by atoms with Gasteiger partial charge in [0.2, 0.25) is 0 Å². The van der Waals surface area contributed by atoms with Gasteiger partial charge in [-0.2, -0.15) is 0 Å². The van der Waals surface area contributed by atoms with Crippen LogP contribution < -0.4 is 9.47 Å². The van der Waals surface area contributed by atoms with Crippen molar-refractivity contribution in [1.82, 2.24) is 4.90 Å². The minimum absolute atomic E-state index is 0.0490. The Labute approximate surface area is 191 Å². The molecule has 0 saturated heterocycles. The van der Waals surface area contributed by atoms with Crippen molar-refractivity contribution in [2.75, 3.05) is 20.8 Å². The summed E-state index contributed by atoms with van der Waals surface area (Å²) in [6.45, 7) is 0.0490. The third-order valence-corrected chi connectivity index (χ3v) is 5.31. The van der Waals surface area contributed by atoms with Gasteiger partial charge >= 0.3 is 5.97 Å². The Hall–Kier alpha value is -4.07. The van der Waals surface area contributed by atoms with Crippen molar-refractivity contribution in [3.63, 3.8) is 0 Å². The fourth-order valence-corrected chi connectivity index (χ4v) is 3.73. The monoisotopic (exact) mass is 451 g/mol. The number of nitrogens with zero attached hydrogens (tertiary/aromatic N) is 1. The molecule has 0 aromatic heterocycles. The maximum Gasteiger partial charge on any atom is 0.303 e. The Kier molecular flexibility index (Phi) is 7.50. The molecular formula is C25H25NO7. The highest BCUT2D eigenvalue weighted by Gasteiger charge is 2.42. The molecule has 3 rings (SSSR count). The molecular weight excluding hydrogens is 426 g/mol. The van der Waals surface area contributed by atoms with E-state index < -0.39 is 29.5 Å². The van der Waals surface area contributed by atoms with E-state index in [1.165, 1.54) is 25.2 Å². The number of carboxylic acids is 1. The van der Waals surface area contributed by atoms with E-state index in [2.05, 4.69) is 0 Å². The molecule has 1 unspecified atom stereocenters. The van der Waals surface area contributed by atoms with Crippen molar-refractivity contribution in [1.29, 1.82) is 0 Å². The maximum atomic E-state index is 13.1. The summed E-state index contributed by atoms with van der Waals surface area (Å²) < 4.78 is 10.6. The van der Waals surface area contributed by atoms with Crippen LogP contribution in [0.4, 0.5) is 0 Å². The second-order valence-electron chi connectivity index (χ2n) is 7.38. The van der Waals surface area contributed by atoms with E-state index in [1.807, 2.05) is 30.3 Å². The standard InChI is InChI=1S/C25H25NO7/c1-32-19-13-11-17(15-20(19)33-2)23-22(18(27)12-10-16-7-4-3-5-8-16)24(30)25(31)26(23)14-6-9-21(28)29/h3-5,7-8,10-13,15,23,30H,6,9,14H2,1-2H3,(H,28,29)/b12-10+. The van der Waals surface area contributed by atoms with Crippen LogP contribution in [-0.2, 0) is 14.4 Å². The van der Waals surface area contributed by atoms with E-state index in [0.717, 1.165) is 5.56 Å². The number of amides is 1. The molecule has 1 heterocycles. The highest BCUT2D eigenvalue weighted by molar-refractivity contribution is 6.14. The lowest BCUT2D eigenvalue weighted by molar-refractivity contribution is -0.138. The van der Waals surface area contributed by atoms with Crippen LogP contribution in [0.2, 0.25) is 0 Å². The van der Waals surface area contributed by atoms with Gasteiger partial charge in [0.1, 0.15) is 0 Å². The molecule has 1 atom stereocenters. The van der Waals surface area contributed by atoms with E-state index in [9.17, 15) is 19.5 Å². The minimum Gasteiger partial charge on any atom is -0.503 e. The van der Waals surface area contributed by atoms with Gasteiger partial charge in [-0.1, -0.05) is 42.5 Å². The Morgan fingerprint density at radius 2 is 1.76 bits per heavy atom. The van der Waals surface area contributed by atoms with Crippen molar-refractivity contribution in [2.45, 2.75) is 18.9 Å². The molecule has 1 aliphatic heterocycles. The van der Waals surface area contributed by atoms with Gasteiger partial charge < -0.3 is 24.6 Å². The second kappa shape index (κ2) is 10.5. The number of hydrogen-bond acceptors (Lipinski definition) is 6. The zero-order valence-corrected chi connectivity index (χ0v) is 18.4. The zero-order valence-electron chi connectivity index (χ0n) is 18.4. The number of rotatable bonds is 10. The average molecular weight is 451 g/mol. The summed E-state index contributed by atoms with van der Waals surface area (Å²) in [5.41, 5.74) is 1.24. The number of carbonyl (C=O) groups excluding carboxylic acids is 2. The predicted octanol–water partition coefficient (Wildman–Crippen LogP) is 3.55. The molecule has 2 aromatic rings. The summed E-state index contributed by atoms with van der Waals surface area (Å²) in [5, 5.41) is 19.6. The predicted molar refractivity (Wildman–Crippen MR) is 121 cm³/mol. The van der Waals surface area contributed by atoms with Gasteiger partial charge in [-0.15, -0.1) is 0 Å². The summed E-state index contributed by atoms with van der Waals surface area (Å²) in [7, 11) is 2.96. The van der Waals surface area contributed by atoms with Gasteiger partial charge in [-0.3, -0.25) is 14.4 Å². The number of ether oxygens (including phenoxy) is 2. The SMILES string of the molecule is COc1ccc(C2C(C(=O)/C=C/c3ccccc3)=C(O)C(=O)N2CCCC(=O)O)cc1OC. The molecule has 2 N–H and O–H groups in total. The van der Waals surface area contributed by atoms with Crippen LogP contribution in [0, 0.1) is 0 Å². The van der Waals surface area contributed by atoms with Gasteiger partial charge in [0.15, 0.2) is 23.0 Å². The molecule has 0 saturated carbocycles. The van der Waals surface area contributed by atoms with Crippen LogP contribution >= 0.6 is 0 Å². The number of allylic oxidation sites excluding steroid dienone is 1. The number of aliphatic carboxylic acids is 1. The minimum atomic E-state index is -0.997. The number of benzene rings is 2. The fraction of sp³-hybridized carbons (Fsp3) is 0.240. The van der Waals surface area contributed by atoms with Crippen LogP contribution in [0.15, 0.2) is 65.9 Å². The number of carboxylic acid groups (broad SMARTS) is 1. The number of aliphatic hydroxyl groups is 1. The number of carbonyl (C=O) groups is 3. The normalized spacial score (nSPS) is 15.9. The van der Waals surface area contributed by atoms with Gasteiger partial charge in [-0.05, 0) is 35.8 Å². The molecule has 0 aliphatic carbocycles. The van der Waals surface area contributed by atoms with E-state index in [4.69, 9.17) is 14.6 Å². The second-order valence-corrected chi connectivity index (χ2v) is 7.38. The number of hydrogen-bond donors (Lipinski definition) is 2. The Bertz CT molecular complexity index is 1100. The molecule has 0 spiro atoms. The van der Waals surface area contributed by atoms with Crippen LogP contribution in [0.5, 0.6) is 11.5 Å². The van der Waals surface area contributed by atoms with Crippen molar-refractivity contribution in [3.05, 3.63) is 77.1 Å². The Morgan fingerprint density at radius 3 is 2.39 bits per heavy atom. The van der Waals surface area contributed by atoms with E-state index in [1.54, 1.807) is 24.3 Å². The maximum absolute atomic E-state index is 13.1.